The Bertz CT molecular complexity index is 505. The Hall–Kier alpha value is -1.25. The summed E-state index contributed by atoms with van der Waals surface area (Å²) in [7, 11) is 1.99. The zero-order chi connectivity index (χ0) is 13.0. The van der Waals surface area contributed by atoms with Crippen LogP contribution in [0.3, 0.4) is 0 Å². The molecule has 1 unspecified atom stereocenters. The molecule has 1 N–H and O–H groups in total. The quantitative estimate of drug-likeness (QED) is 0.869. The molecule has 0 radical (unpaired) electrons. The van der Waals surface area contributed by atoms with Crippen LogP contribution in [0.4, 0.5) is 0 Å². The molecule has 2 rings (SSSR count). The van der Waals surface area contributed by atoms with Gasteiger partial charge in [0.1, 0.15) is 0 Å². The SMILES string of the molecule is CNC(C)c1ccc(Sc2ccccc2C)cc1. The van der Waals surface area contributed by atoms with Gasteiger partial charge in [-0.3, -0.25) is 0 Å². The average Bonchev–Trinajstić information content (AvgIpc) is 2.41. The molecule has 2 aromatic rings. The van der Waals surface area contributed by atoms with E-state index in [4.69, 9.17) is 0 Å². The van der Waals surface area contributed by atoms with Crippen molar-refractivity contribution in [3.63, 3.8) is 0 Å². The number of nitrogens with one attached hydrogen (secondary N) is 1. The molecule has 0 bridgehead atoms. The molecule has 0 aliphatic heterocycles. The Labute approximate surface area is 114 Å². The molecular formula is C16H19NS. The van der Waals surface area contributed by atoms with E-state index < -0.39 is 0 Å². The maximum Gasteiger partial charge on any atom is 0.0289 e. The summed E-state index contributed by atoms with van der Waals surface area (Å²) >= 11 is 1.82. The first-order chi connectivity index (χ1) is 8.70. The van der Waals surface area contributed by atoms with Crippen LogP contribution >= 0.6 is 11.8 Å². The van der Waals surface area contributed by atoms with Gasteiger partial charge in [-0.15, -0.1) is 0 Å². The van der Waals surface area contributed by atoms with Crippen molar-refractivity contribution >= 4 is 11.8 Å². The highest BCUT2D eigenvalue weighted by Gasteiger charge is 2.03. The lowest BCUT2D eigenvalue weighted by Crippen LogP contribution is -2.11. The summed E-state index contributed by atoms with van der Waals surface area (Å²) in [5, 5.41) is 3.25. The molecule has 1 nitrogen and oxygen atoms in total. The first-order valence-corrected chi connectivity index (χ1v) is 7.03. The van der Waals surface area contributed by atoms with Gasteiger partial charge in [-0.2, -0.15) is 0 Å². The van der Waals surface area contributed by atoms with Gasteiger partial charge < -0.3 is 5.32 Å². The third-order valence-corrected chi connectivity index (χ3v) is 4.32. The van der Waals surface area contributed by atoms with Crippen molar-refractivity contribution in [2.75, 3.05) is 7.05 Å². The van der Waals surface area contributed by atoms with Gasteiger partial charge in [0.25, 0.3) is 0 Å². The third kappa shape index (κ3) is 3.15. The predicted octanol–water partition coefficient (Wildman–Crippen LogP) is 4.43. The van der Waals surface area contributed by atoms with Crippen molar-refractivity contribution in [3.8, 4) is 0 Å². The Morgan fingerprint density at radius 2 is 1.67 bits per heavy atom. The molecule has 0 heterocycles. The molecule has 0 spiro atoms. The van der Waals surface area contributed by atoms with E-state index in [-0.39, 0.29) is 0 Å². The fraction of sp³-hybridized carbons (Fsp3) is 0.250. The minimum atomic E-state index is 0.405. The lowest BCUT2D eigenvalue weighted by atomic mass is 10.1. The number of hydrogen-bond donors (Lipinski definition) is 1. The third-order valence-electron chi connectivity index (χ3n) is 3.13. The van der Waals surface area contributed by atoms with Gasteiger partial charge in [-0.25, -0.2) is 0 Å². The Balaban J connectivity index is 2.14. The lowest BCUT2D eigenvalue weighted by Gasteiger charge is -2.11. The van der Waals surface area contributed by atoms with Gasteiger partial charge >= 0.3 is 0 Å². The molecule has 0 amide bonds. The molecule has 2 heteroatoms. The zero-order valence-electron chi connectivity index (χ0n) is 11.1. The van der Waals surface area contributed by atoms with Gasteiger partial charge in [0.2, 0.25) is 0 Å². The monoisotopic (exact) mass is 257 g/mol. The Morgan fingerprint density at radius 1 is 1.00 bits per heavy atom. The van der Waals surface area contributed by atoms with E-state index in [1.165, 1.54) is 20.9 Å². The average molecular weight is 257 g/mol. The van der Waals surface area contributed by atoms with Gasteiger partial charge in [-0.1, -0.05) is 42.1 Å². The van der Waals surface area contributed by atoms with Crippen molar-refractivity contribution in [1.82, 2.24) is 5.32 Å². The standard InChI is InChI=1S/C16H19NS/c1-12-6-4-5-7-16(12)18-15-10-8-14(9-11-15)13(2)17-3/h4-11,13,17H,1-3H3. The van der Waals surface area contributed by atoms with Crippen LogP contribution in [-0.2, 0) is 0 Å². The first-order valence-electron chi connectivity index (χ1n) is 6.21. The van der Waals surface area contributed by atoms with Crippen LogP contribution in [0.2, 0.25) is 0 Å². The van der Waals surface area contributed by atoms with Crippen molar-refractivity contribution in [3.05, 3.63) is 59.7 Å². The maximum absolute atomic E-state index is 3.25. The van der Waals surface area contributed by atoms with Crippen LogP contribution in [-0.4, -0.2) is 7.05 Å². The summed E-state index contributed by atoms with van der Waals surface area (Å²) in [6, 6.07) is 17.7. The smallest absolute Gasteiger partial charge is 0.0289 e. The molecule has 18 heavy (non-hydrogen) atoms. The van der Waals surface area contributed by atoms with E-state index >= 15 is 0 Å². The molecule has 0 aromatic heterocycles. The second kappa shape index (κ2) is 6.07. The molecule has 0 saturated carbocycles. The molecular weight excluding hydrogens is 238 g/mol. The van der Waals surface area contributed by atoms with Crippen LogP contribution < -0.4 is 5.32 Å². The molecule has 0 saturated heterocycles. The van der Waals surface area contributed by atoms with Gasteiger partial charge in [-0.05, 0) is 50.2 Å². The summed E-state index contributed by atoms with van der Waals surface area (Å²) in [6.07, 6.45) is 0. The highest BCUT2D eigenvalue weighted by molar-refractivity contribution is 7.99. The van der Waals surface area contributed by atoms with Gasteiger partial charge in [0, 0.05) is 15.8 Å². The van der Waals surface area contributed by atoms with Gasteiger partial charge in [0.05, 0.1) is 0 Å². The van der Waals surface area contributed by atoms with E-state index in [0.29, 0.717) is 6.04 Å². The molecule has 1 atom stereocenters. The number of benzene rings is 2. The summed E-state index contributed by atoms with van der Waals surface area (Å²) < 4.78 is 0. The lowest BCUT2D eigenvalue weighted by molar-refractivity contribution is 0.652. The van der Waals surface area contributed by atoms with E-state index in [9.17, 15) is 0 Å². The normalized spacial score (nSPS) is 12.4. The van der Waals surface area contributed by atoms with Crippen LogP contribution in [0.25, 0.3) is 0 Å². The topological polar surface area (TPSA) is 12.0 Å². The van der Waals surface area contributed by atoms with Gasteiger partial charge in [0.15, 0.2) is 0 Å². The first kappa shape index (κ1) is 13.2. The number of hydrogen-bond acceptors (Lipinski definition) is 2. The molecule has 0 aliphatic rings. The van der Waals surface area contributed by atoms with Crippen LogP contribution in [0.1, 0.15) is 24.1 Å². The van der Waals surface area contributed by atoms with Crippen LogP contribution in [0, 0.1) is 6.92 Å². The van der Waals surface area contributed by atoms with Crippen molar-refractivity contribution in [1.29, 1.82) is 0 Å². The maximum atomic E-state index is 3.25. The Morgan fingerprint density at radius 3 is 2.28 bits per heavy atom. The van der Waals surface area contributed by atoms with Crippen molar-refractivity contribution in [2.45, 2.75) is 29.7 Å². The van der Waals surface area contributed by atoms with E-state index in [1.807, 2.05) is 18.8 Å². The van der Waals surface area contributed by atoms with E-state index in [2.05, 4.69) is 67.7 Å². The summed E-state index contributed by atoms with van der Waals surface area (Å²) in [5.74, 6) is 0. The van der Waals surface area contributed by atoms with Crippen molar-refractivity contribution in [2.24, 2.45) is 0 Å². The van der Waals surface area contributed by atoms with Crippen LogP contribution in [0.15, 0.2) is 58.3 Å². The fourth-order valence-electron chi connectivity index (χ4n) is 1.79. The highest BCUT2D eigenvalue weighted by atomic mass is 32.2. The minimum absolute atomic E-state index is 0.405. The molecule has 94 valence electrons. The Kier molecular flexibility index (Phi) is 4.45. The largest absolute Gasteiger partial charge is 0.313 e. The minimum Gasteiger partial charge on any atom is -0.313 e. The molecule has 2 aromatic carbocycles. The second-order valence-corrected chi connectivity index (χ2v) is 5.56. The highest BCUT2D eigenvalue weighted by Crippen LogP contribution is 2.30. The van der Waals surface area contributed by atoms with Crippen molar-refractivity contribution < 1.29 is 0 Å². The van der Waals surface area contributed by atoms with E-state index in [1.54, 1.807) is 0 Å². The summed E-state index contributed by atoms with van der Waals surface area (Å²) in [6.45, 7) is 4.32. The molecule has 0 fully saturated rings. The second-order valence-electron chi connectivity index (χ2n) is 4.45. The van der Waals surface area contributed by atoms with E-state index in [0.717, 1.165) is 0 Å². The molecule has 0 aliphatic carbocycles. The zero-order valence-corrected chi connectivity index (χ0v) is 11.9. The predicted molar refractivity (Wildman–Crippen MR) is 79.2 cm³/mol. The summed E-state index contributed by atoms with van der Waals surface area (Å²) in [5.41, 5.74) is 2.65. The fourth-order valence-corrected chi connectivity index (χ4v) is 2.69. The summed E-state index contributed by atoms with van der Waals surface area (Å²) in [4.78, 5) is 2.61. The number of aryl methyl sites for hydroxylation is 1. The number of rotatable bonds is 4. The van der Waals surface area contributed by atoms with Crippen LogP contribution in [0.5, 0.6) is 0 Å².